The van der Waals surface area contributed by atoms with E-state index in [9.17, 15) is 8.42 Å². The first-order valence-electron chi connectivity index (χ1n) is 7.13. The van der Waals surface area contributed by atoms with Gasteiger partial charge in [0.15, 0.2) is 0 Å². The molecule has 0 bridgehead atoms. The molecular weight excluding hydrogens is 274 g/mol. The maximum atomic E-state index is 12.2. The van der Waals surface area contributed by atoms with E-state index in [1.54, 1.807) is 19.1 Å². The van der Waals surface area contributed by atoms with Crippen LogP contribution in [0, 0.1) is 0 Å². The zero-order valence-electron chi connectivity index (χ0n) is 12.5. The van der Waals surface area contributed by atoms with Crippen molar-refractivity contribution in [1.82, 2.24) is 4.72 Å². The second-order valence-electron chi connectivity index (χ2n) is 5.27. The van der Waals surface area contributed by atoms with Gasteiger partial charge in [0.05, 0.1) is 4.90 Å². The highest BCUT2D eigenvalue weighted by Crippen LogP contribution is 2.20. The van der Waals surface area contributed by atoms with Gasteiger partial charge in [-0.25, -0.2) is 13.1 Å². The Hall–Kier alpha value is -0.910. The molecule has 0 aliphatic carbocycles. The lowest BCUT2D eigenvalue weighted by molar-refractivity contribution is 0.279. The van der Waals surface area contributed by atoms with Gasteiger partial charge < -0.3 is 5.11 Å². The van der Waals surface area contributed by atoms with Crippen molar-refractivity contribution >= 4 is 10.0 Å². The van der Waals surface area contributed by atoms with Gasteiger partial charge in [-0.2, -0.15) is 0 Å². The third-order valence-corrected chi connectivity index (χ3v) is 5.13. The van der Waals surface area contributed by atoms with Crippen LogP contribution in [0.15, 0.2) is 29.2 Å². The minimum Gasteiger partial charge on any atom is -0.396 e. The van der Waals surface area contributed by atoms with E-state index in [1.165, 1.54) is 0 Å². The number of hydrogen-bond acceptors (Lipinski definition) is 3. The van der Waals surface area contributed by atoms with Crippen LogP contribution in [0.5, 0.6) is 0 Å². The fourth-order valence-corrected chi connectivity index (χ4v) is 3.28. The maximum absolute atomic E-state index is 12.2. The number of nitrogens with one attached hydrogen (secondary N) is 1. The summed E-state index contributed by atoms with van der Waals surface area (Å²) in [5.41, 5.74) is 1.15. The van der Waals surface area contributed by atoms with Crippen LogP contribution in [0.25, 0.3) is 0 Å². The zero-order chi connectivity index (χ0) is 15.2. The van der Waals surface area contributed by atoms with Gasteiger partial charge in [0.25, 0.3) is 0 Å². The Labute approximate surface area is 122 Å². The molecule has 0 amide bonds. The molecule has 20 heavy (non-hydrogen) atoms. The largest absolute Gasteiger partial charge is 0.396 e. The van der Waals surface area contributed by atoms with Crippen LogP contribution in [0.2, 0.25) is 0 Å². The second-order valence-corrected chi connectivity index (χ2v) is 6.98. The van der Waals surface area contributed by atoms with Crippen LogP contribution in [0.4, 0.5) is 0 Å². The quantitative estimate of drug-likeness (QED) is 0.775. The Balaban J connectivity index is 2.77. The molecule has 2 N–H and O–H groups in total. The number of sulfonamides is 1. The zero-order valence-corrected chi connectivity index (χ0v) is 13.3. The molecule has 0 saturated heterocycles. The van der Waals surface area contributed by atoms with E-state index in [0.29, 0.717) is 23.7 Å². The summed E-state index contributed by atoms with van der Waals surface area (Å²) in [4.78, 5) is 0.292. The standard InChI is InChI=1S/C15H25NO3S/c1-4-12(2)14-7-9-15(10-8-14)20(18,19)16-13(3)6-5-11-17/h7-10,12-13,16-17H,4-6,11H2,1-3H3. The summed E-state index contributed by atoms with van der Waals surface area (Å²) in [6.45, 7) is 6.12. The summed E-state index contributed by atoms with van der Waals surface area (Å²) in [7, 11) is -3.47. The summed E-state index contributed by atoms with van der Waals surface area (Å²) in [6, 6.07) is 6.88. The number of benzene rings is 1. The monoisotopic (exact) mass is 299 g/mol. The molecule has 114 valence electrons. The van der Waals surface area contributed by atoms with Gasteiger partial charge in [-0.3, -0.25) is 0 Å². The van der Waals surface area contributed by atoms with Gasteiger partial charge in [-0.15, -0.1) is 0 Å². The molecule has 1 aromatic rings. The molecule has 0 aromatic heterocycles. The summed E-state index contributed by atoms with van der Waals surface area (Å²) in [5, 5.41) is 8.76. The van der Waals surface area contributed by atoms with Crippen molar-refractivity contribution in [3.63, 3.8) is 0 Å². The van der Waals surface area contributed by atoms with Gasteiger partial charge in [0, 0.05) is 12.6 Å². The molecule has 5 heteroatoms. The van der Waals surface area contributed by atoms with E-state index in [2.05, 4.69) is 18.6 Å². The molecule has 2 unspecified atom stereocenters. The molecule has 0 aliphatic rings. The first kappa shape index (κ1) is 17.1. The smallest absolute Gasteiger partial charge is 0.240 e. The fraction of sp³-hybridized carbons (Fsp3) is 0.600. The van der Waals surface area contributed by atoms with Crippen molar-refractivity contribution in [3.05, 3.63) is 29.8 Å². The molecule has 0 aliphatic heterocycles. The van der Waals surface area contributed by atoms with Crippen molar-refractivity contribution in [1.29, 1.82) is 0 Å². The molecule has 0 saturated carbocycles. The average Bonchev–Trinajstić information content (AvgIpc) is 2.44. The minimum atomic E-state index is -3.47. The van der Waals surface area contributed by atoms with Crippen LogP contribution in [-0.4, -0.2) is 26.2 Å². The van der Waals surface area contributed by atoms with Crippen molar-refractivity contribution in [3.8, 4) is 0 Å². The van der Waals surface area contributed by atoms with E-state index in [4.69, 9.17) is 5.11 Å². The maximum Gasteiger partial charge on any atom is 0.240 e. The Bertz CT molecular complexity index is 496. The van der Waals surface area contributed by atoms with Gasteiger partial charge in [-0.05, 0) is 49.8 Å². The number of rotatable bonds is 8. The Morgan fingerprint density at radius 3 is 2.30 bits per heavy atom. The summed E-state index contributed by atoms with van der Waals surface area (Å²) in [6.07, 6.45) is 2.25. The third kappa shape index (κ3) is 4.89. The molecule has 2 atom stereocenters. The van der Waals surface area contributed by atoms with Crippen LogP contribution in [0.3, 0.4) is 0 Å². The third-order valence-electron chi connectivity index (χ3n) is 3.52. The number of hydrogen-bond donors (Lipinski definition) is 2. The van der Waals surface area contributed by atoms with E-state index in [-0.39, 0.29) is 12.6 Å². The predicted octanol–water partition coefficient (Wildman–Crippen LogP) is 2.64. The van der Waals surface area contributed by atoms with Gasteiger partial charge in [-0.1, -0.05) is 26.0 Å². The SMILES string of the molecule is CCC(C)c1ccc(S(=O)(=O)NC(C)CCCO)cc1. The highest BCUT2D eigenvalue weighted by molar-refractivity contribution is 7.89. The van der Waals surface area contributed by atoms with E-state index < -0.39 is 10.0 Å². The van der Waals surface area contributed by atoms with Crippen LogP contribution >= 0.6 is 0 Å². The predicted molar refractivity (Wildman–Crippen MR) is 81.3 cm³/mol. The van der Waals surface area contributed by atoms with Crippen LogP contribution in [-0.2, 0) is 10.0 Å². The van der Waals surface area contributed by atoms with Crippen LogP contribution < -0.4 is 4.72 Å². The average molecular weight is 299 g/mol. The molecular formula is C15H25NO3S. The molecule has 1 aromatic carbocycles. The Morgan fingerprint density at radius 1 is 1.20 bits per heavy atom. The topological polar surface area (TPSA) is 66.4 Å². The highest BCUT2D eigenvalue weighted by Gasteiger charge is 2.17. The second kappa shape index (κ2) is 7.76. The summed E-state index contributed by atoms with van der Waals surface area (Å²) < 4.78 is 27.0. The summed E-state index contributed by atoms with van der Waals surface area (Å²) >= 11 is 0. The molecule has 0 fully saturated rings. The van der Waals surface area contributed by atoms with Gasteiger partial charge in [0.2, 0.25) is 10.0 Å². The summed E-state index contributed by atoms with van der Waals surface area (Å²) in [5.74, 6) is 0.434. The lowest BCUT2D eigenvalue weighted by atomic mass is 9.99. The van der Waals surface area contributed by atoms with Crippen molar-refractivity contribution < 1.29 is 13.5 Å². The molecule has 1 rings (SSSR count). The van der Waals surface area contributed by atoms with Crippen molar-refractivity contribution in [2.45, 2.75) is 56.9 Å². The molecule has 0 heterocycles. The van der Waals surface area contributed by atoms with Crippen molar-refractivity contribution in [2.75, 3.05) is 6.61 Å². The highest BCUT2D eigenvalue weighted by atomic mass is 32.2. The van der Waals surface area contributed by atoms with E-state index in [1.807, 2.05) is 12.1 Å². The Morgan fingerprint density at radius 2 is 1.80 bits per heavy atom. The van der Waals surface area contributed by atoms with Gasteiger partial charge in [0.1, 0.15) is 0 Å². The fourth-order valence-electron chi connectivity index (χ4n) is 2.00. The van der Waals surface area contributed by atoms with E-state index >= 15 is 0 Å². The lowest BCUT2D eigenvalue weighted by Crippen LogP contribution is -2.32. The van der Waals surface area contributed by atoms with Crippen molar-refractivity contribution in [2.24, 2.45) is 0 Å². The molecule has 4 nitrogen and oxygen atoms in total. The van der Waals surface area contributed by atoms with E-state index in [0.717, 1.165) is 12.0 Å². The Kier molecular flexibility index (Phi) is 6.65. The number of aliphatic hydroxyl groups excluding tert-OH is 1. The first-order chi connectivity index (χ1) is 9.40. The molecule has 0 radical (unpaired) electrons. The number of aliphatic hydroxyl groups is 1. The van der Waals surface area contributed by atoms with Gasteiger partial charge >= 0.3 is 0 Å². The minimum absolute atomic E-state index is 0.0790. The lowest BCUT2D eigenvalue weighted by Gasteiger charge is -2.14. The van der Waals surface area contributed by atoms with Crippen LogP contribution in [0.1, 0.15) is 51.5 Å². The first-order valence-corrected chi connectivity index (χ1v) is 8.62. The normalized spacial score (nSPS) is 15.0. The molecule has 0 spiro atoms.